The standard InChI is InChI=1S/C17H23N3/c1-12-6-5-7-13(2)20(12)11-15-10-14-8-3-4-9-16(14)19-17(15)18/h3-4,8-10,12-13H,5-7,11H2,1-2H3,(H2,18,19). The lowest BCUT2D eigenvalue weighted by Crippen LogP contribution is -2.43. The third kappa shape index (κ3) is 2.50. The average Bonchev–Trinajstić information content (AvgIpc) is 2.43. The van der Waals surface area contributed by atoms with Gasteiger partial charge < -0.3 is 5.73 Å². The van der Waals surface area contributed by atoms with Crippen molar-refractivity contribution < 1.29 is 0 Å². The zero-order valence-electron chi connectivity index (χ0n) is 12.3. The monoisotopic (exact) mass is 269 g/mol. The number of fused-ring (bicyclic) bond motifs is 1. The van der Waals surface area contributed by atoms with E-state index in [2.05, 4.69) is 41.9 Å². The van der Waals surface area contributed by atoms with E-state index in [9.17, 15) is 0 Å². The molecule has 1 fully saturated rings. The number of hydrogen-bond donors (Lipinski definition) is 1. The summed E-state index contributed by atoms with van der Waals surface area (Å²) in [6, 6.07) is 11.6. The molecule has 0 saturated carbocycles. The molecule has 0 spiro atoms. The predicted molar refractivity (Wildman–Crippen MR) is 84.5 cm³/mol. The van der Waals surface area contributed by atoms with E-state index in [4.69, 9.17) is 5.73 Å². The fourth-order valence-corrected chi connectivity index (χ4v) is 3.28. The summed E-state index contributed by atoms with van der Waals surface area (Å²) in [5.74, 6) is 0.675. The highest BCUT2D eigenvalue weighted by atomic mass is 15.2. The first-order valence-electron chi connectivity index (χ1n) is 7.55. The Morgan fingerprint density at radius 1 is 1.20 bits per heavy atom. The molecular weight excluding hydrogens is 246 g/mol. The van der Waals surface area contributed by atoms with Crippen LogP contribution in [0.2, 0.25) is 0 Å². The molecule has 2 atom stereocenters. The fourth-order valence-electron chi connectivity index (χ4n) is 3.28. The molecule has 20 heavy (non-hydrogen) atoms. The summed E-state index contributed by atoms with van der Waals surface area (Å²) in [5.41, 5.74) is 8.29. The maximum Gasteiger partial charge on any atom is 0.128 e. The molecule has 2 N–H and O–H groups in total. The first kappa shape index (κ1) is 13.4. The van der Waals surface area contributed by atoms with Crippen molar-refractivity contribution in [3.05, 3.63) is 35.9 Å². The average molecular weight is 269 g/mol. The Bertz CT molecular complexity index is 598. The van der Waals surface area contributed by atoms with E-state index in [0.717, 1.165) is 17.6 Å². The highest BCUT2D eigenvalue weighted by Gasteiger charge is 2.25. The van der Waals surface area contributed by atoms with Crippen LogP contribution in [0.25, 0.3) is 10.9 Å². The number of benzene rings is 1. The molecule has 1 aromatic carbocycles. The van der Waals surface area contributed by atoms with Crippen LogP contribution in [0.15, 0.2) is 30.3 Å². The van der Waals surface area contributed by atoms with Gasteiger partial charge in [0, 0.05) is 29.6 Å². The van der Waals surface area contributed by atoms with Gasteiger partial charge in [0.2, 0.25) is 0 Å². The van der Waals surface area contributed by atoms with Crippen molar-refractivity contribution >= 4 is 16.7 Å². The Morgan fingerprint density at radius 3 is 2.65 bits per heavy atom. The first-order chi connectivity index (χ1) is 9.65. The minimum absolute atomic E-state index is 0.629. The van der Waals surface area contributed by atoms with Crippen LogP contribution in [0.4, 0.5) is 5.82 Å². The van der Waals surface area contributed by atoms with Gasteiger partial charge in [-0.3, -0.25) is 4.90 Å². The second-order valence-corrected chi connectivity index (χ2v) is 6.03. The summed E-state index contributed by atoms with van der Waals surface area (Å²) in [6.07, 6.45) is 3.90. The number of para-hydroxylation sites is 1. The van der Waals surface area contributed by atoms with Crippen molar-refractivity contribution in [1.29, 1.82) is 0 Å². The van der Waals surface area contributed by atoms with Gasteiger partial charge in [-0.25, -0.2) is 4.98 Å². The van der Waals surface area contributed by atoms with Crippen molar-refractivity contribution in [3.8, 4) is 0 Å². The van der Waals surface area contributed by atoms with E-state index < -0.39 is 0 Å². The van der Waals surface area contributed by atoms with Crippen LogP contribution in [0.3, 0.4) is 0 Å². The molecule has 3 heteroatoms. The number of rotatable bonds is 2. The van der Waals surface area contributed by atoms with Gasteiger partial charge in [-0.2, -0.15) is 0 Å². The molecule has 2 heterocycles. The Morgan fingerprint density at radius 2 is 1.90 bits per heavy atom. The van der Waals surface area contributed by atoms with Crippen molar-refractivity contribution in [2.75, 3.05) is 5.73 Å². The van der Waals surface area contributed by atoms with Crippen molar-refractivity contribution in [2.45, 2.75) is 51.7 Å². The molecular formula is C17H23N3. The molecule has 3 rings (SSSR count). The lowest BCUT2D eigenvalue weighted by molar-refractivity contribution is 0.0955. The second kappa shape index (κ2) is 5.41. The number of nitrogens with two attached hydrogens (primary N) is 1. The quantitative estimate of drug-likeness (QED) is 0.906. The first-order valence-corrected chi connectivity index (χ1v) is 7.55. The minimum Gasteiger partial charge on any atom is -0.383 e. The summed E-state index contributed by atoms with van der Waals surface area (Å²) in [4.78, 5) is 7.10. The molecule has 1 aliphatic rings. The van der Waals surface area contributed by atoms with Gasteiger partial charge >= 0.3 is 0 Å². The van der Waals surface area contributed by atoms with Crippen LogP contribution in [0.1, 0.15) is 38.7 Å². The third-order valence-electron chi connectivity index (χ3n) is 4.57. The fraction of sp³-hybridized carbons (Fsp3) is 0.471. The number of aromatic nitrogens is 1. The van der Waals surface area contributed by atoms with Crippen LogP contribution >= 0.6 is 0 Å². The summed E-state index contributed by atoms with van der Waals surface area (Å²) >= 11 is 0. The lowest BCUT2D eigenvalue weighted by Gasteiger charge is -2.39. The van der Waals surface area contributed by atoms with Gasteiger partial charge in [-0.15, -0.1) is 0 Å². The maximum atomic E-state index is 6.16. The minimum atomic E-state index is 0.629. The van der Waals surface area contributed by atoms with Crippen molar-refractivity contribution in [2.24, 2.45) is 0 Å². The van der Waals surface area contributed by atoms with Crippen molar-refractivity contribution in [1.82, 2.24) is 9.88 Å². The summed E-state index contributed by atoms with van der Waals surface area (Å²) in [5, 5.41) is 1.18. The van der Waals surface area contributed by atoms with Crippen LogP contribution < -0.4 is 5.73 Å². The second-order valence-electron chi connectivity index (χ2n) is 6.03. The third-order valence-corrected chi connectivity index (χ3v) is 4.57. The highest BCUT2D eigenvalue weighted by molar-refractivity contribution is 5.81. The van der Waals surface area contributed by atoms with E-state index in [1.807, 2.05) is 12.1 Å². The van der Waals surface area contributed by atoms with Gasteiger partial charge in [0.25, 0.3) is 0 Å². The van der Waals surface area contributed by atoms with Crippen molar-refractivity contribution in [3.63, 3.8) is 0 Å². The molecule has 1 saturated heterocycles. The number of likely N-dealkylation sites (tertiary alicyclic amines) is 1. The Kier molecular flexibility index (Phi) is 3.62. The summed E-state index contributed by atoms with van der Waals surface area (Å²) in [7, 11) is 0. The molecule has 1 aromatic heterocycles. The molecule has 2 unspecified atom stereocenters. The smallest absolute Gasteiger partial charge is 0.128 e. The number of piperidine rings is 1. The normalized spacial score (nSPS) is 24.1. The van der Waals surface area contributed by atoms with Gasteiger partial charge in [0.05, 0.1) is 5.52 Å². The number of anilines is 1. The molecule has 1 aliphatic heterocycles. The highest BCUT2D eigenvalue weighted by Crippen LogP contribution is 2.27. The molecule has 106 valence electrons. The number of pyridine rings is 1. The van der Waals surface area contributed by atoms with Gasteiger partial charge in [-0.05, 0) is 38.8 Å². The molecule has 0 amide bonds. The Labute approximate surface area is 120 Å². The topological polar surface area (TPSA) is 42.2 Å². The van der Waals surface area contributed by atoms with Crippen LogP contribution in [0.5, 0.6) is 0 Å². The SMILES string of the molecule is CC1CCCC(C)N1Cc1cc2ccccc2nc1N. The molecule has 0 radical (unpaired) electrons. The molecule has 3 nitrogen and oxygen atoms in total. The number of nitrogen functional groups attached to an aromatic ring is 1. The lowest BCUT2D eigenvalue weighted by atomic mass is 9.96. The summed E-state index contributed by atoms with van der Waals surface area (Å²) in [6.45, 7) is 5.55. The van der Waals surface area contributed by atoms with Crippen LogP contribution in [0, 0.1) is 0 Å². The van der Waals surface area contributed by atoms with Gasteiger partial charge in [0.15, 0.2) is 0 Å². The van der Waals surface area contributed by atoms with Gasteiger partial charge in [0.1, 0.15) is 5.82 Å². The maximum absolute atomic E-state index is 6.16. The molecule has 0 aliphatic carbocycles. The largest absolute Gasteiger partial charge is 0.383 e. The van der Waals surface area contributed by atoms with Crippen LogP contribution in [-0.4, -0.2) is 22.0 Å². The number of nitrogens with zero attached hydrogens (tertiary/aromatic N) is 2. The predicted octanol–water partition coefficient (Wildman–Crippen LogP) is 3.58. The molecule has 0 bridgehead atoms. The van der Waals surface area contributed by atoms with Gasteiger partial charge in [-0.1, -0.05) is 24.6 Å². The van der Waals surface area contributed by atoms with Crippen LogP contribution in [-0.2, 0) is 6.54 Å². The van der Waals surface area contributed by atoms with E-state index in [1.165, 1.54) is 24.6 Å². The Balaban J connectivity index is 1.91. The van der Waals surface area contributed by atoms with E-state index >= 15 is 0 Å². The summed E-state index contributed by atoms with van der Waals surface area (Å²) < 4.78 is 0. The zero-order chi connectivity index (χ0) is 14.1. The van der Waals surface area contributed by atoms with E-state index in [-0.39, 0.29) is 0 Å². The number of hydrogen-bond acceptors (Lipinski definition) is 3. The molecule has 2 aromatic rings. The zero-order valence-corrected chi connectivity index (χ0v) is 12.3. The van der Waals surface area contributed by atoms with E-state index in [0.29, 0.717) is 17.9 Å². The Hall–Kier alpha value is -1.61. The van der Waals surface area contributed by atoms with E-state index in [1.54, 1.807) is 0 Å².